The Kier molecular flexibility index (Phi) is 3.84. The molecule has 7 atom stereocenters. The number of carbonyl (C=O) groups excluding carboxylic acids is 5. The first-order valence-corrected chi connectivity index (χ1v) is 8.41. The Bertz CT molecular complexity index is 811. The Morgan fingerprint density at radius 3 is 2.33 bits per heavy atom. The summed E-state index contributed by atoms with van der Waals surface area (Å²) in [7, 11) is 0. The minimum Gasteiger partial charge on any atom is -0.455 e. The third kappa shape index (κ3) is 2.47. The smallest absolute Gasteiger partial charge is 0.375 e. The van der Waals surface area contributed by atoms with Crippen molar-refractivity contribution in [2.24, 2.45) is 11.8 Å². The highest BCUT2D eigenvalue weighted by molar-refractivity contribution is 6.32. The second-order valence-electron chi connectivity index (χ2n) is 6.93. The van der Waals surface area contributed by atoms with Crippen LogP contribution in [0.1, 0.15) is 20.8 Å². The summed E-state index contributed by atoms with van der Waals surface area (Å²) in [5, 5.41) is 0. The molecule has 4 rings (SSSR count). The zero-order chi connectivity index (χ0) is 19.6. The van der Waals surface area contributed by atoms with Crippen molar-refractivity contribution >= 4 is 29.7 Å². The van der Waals surface area contributed by atoms with Crippen LogP contribution in [-0.2, 0) is 47.7 Å². The maximum absolute atomic E-state index is 12.7. The number of fused-ring (bicyclic) bond motifs is 1. The predicted octanol–water partition coefficient (Wildman–Crippen LogP) is -0.812. The fraction of sp³-hybridized carbons (Fsp3) is 0.588. The number of hydrogen-bond acceptors (Lipinski definition) is 10. The van der Waals surface area contributed by atoms with Gasteiger partial charge in [-0.1, -0.05) is 0 Å². The van der Waals surface area contributed by atoms with Gasteiger partial charge in [0.2, 0.25) is 11.5 Å². The summed E-state index contributed by atoms with van der Waals surface area (Å²) in [6.07, 6.45) is -4.30. The van der Waals surface area contributed by atoms with Gasteiger partial charge in [0.15, 0.2) is 12.2 Å². The van der Waals surface area contributed by atoms with Crippen LogP contribution in [0.4, 0.5) is 0 Å². The predicted molar refractivity (Wildman–Crippen MR) is 80.4 cm³/mol. The van der Waals surface area contributed by atoms with E-state index in [9.17, 15) is 24.0 Å². The van der Waals surface area contributed by atoms with Crippen LogP contribution < -0.4 is 0 Å². The summed E-state index contributed by atoms with van der Waals surface area (Å²) in [4.78, 5) is 59.6. The number of carbonyl (C=O) groups is 5. The van der Waals surface area contributed by atoms with Crippen LogP contribution in [0.5, 0.6) is 0 Å². The highest BCUT2D eigenvalue weighted by Gasteiger charge is 2.72. The van der Waals surface area contributed by atoms with E-state index in [4.69, 9.17) is 23.7 Å². The van der Waals surface area contributed by atoms with E-state index in [0.717, 1.165) is 6.92 Å². The number of rotatable bonds is 4. The second kappa shape index (κ2) is 5.88. The largest absolute Gasteiger partial charge is 0.455 e. The maximum atomic E-state index is 12.7. The number of Topliss-reactive ketones (excluding diaryl/α,β-unsaturated/α-hetero) is 1. The Morgan fingerprint density at radius 2 is 1.74 bits per heavy atom. The fourth-order valence-electron chi connectivity index (χ4n) is 3.88. The zero-order valence-electron chi connectivity index (χ0n) is 14.6. The minimum atomic E-state index is -1.13. The number of esters is 4. The quantitative estimate of drug-likeness (QED) is 0.346. The molecule has 0 N–H and O–H groups in total. The van der Waals surface area contributed by atoms with E-state index >= 15 is 0 Å². The highest BCUT2D eigenvalue weighted by Crippen LogP contribution is 2.51. The molecule has 0 aromatic heterocycles. The molecule has 4 aliphatic rings. The summed E-state index contributed by atoms with van der Waals surface area (Å²) in [5.74, 6) is -6.56. The molecule has 0 aromatic carbocycles. The molecular formula is C17H16O10. The molecule has 0 aromatic rings. The molecule has 3 saturated heterocycles. The molecule has 0 saturated carbocycles. The summed E-state index contributed by atoms with van der Waals surface area (Å²) in [6.45, 7) is 4.26. The van der Waals surface area contributed by atoms with E-state index in [-0.39, 0.29) is 5.76 Å². The molecule has 4 heterocycles. The number of ether oxygens (including phenoxy) is 5. The molecule has 7 unspecified atom stereocenters. The van der Waals surface area contributed by atoms with Crippen molar-refractivity contribution in [3.05, 3.63) is 11.3 Å². The molecule has 0 radical (unpaired) electrons. The van der Waals surface area contributed by atoms with E-state index < -0.39 is 72.0 Å². The van der Waals surface area contributed by atoms with Gasteiger partial charge < -0.3 is 23.7 Å². The molecule has 0 amide bonds. The Morgan fingerprint density at radius 1 is 1.04 bits per heavy atom. The van der Waals surface area contributed by atoms with Gasteiger partial charge in [0.1, 0.15) is 30.1 Å². The van der Waals surface area contributed by atoms with Crippen LogP contribution in [0.15, 0.2) is 11.3 Å². The number of cyclic esters (lactones) is 1. The molecule has 2 bridgehead atoms. The lowest BCUT2D eigenvalue weighted by Crippen LogP contribution is -2.48. The van der Waals surface area contributed by atoms with Gasteiger partial charge in [-0.2, -0.15) is 0 Å². The molecule has 4 aliphatic heterocycles. The SMILES string of the molecule is CC(=O)C(=O)OC1C2OC(=O)C3C2OC1C3C(=O)OC1=C(C)C(C)OC1=O. The normalized spacial score (nSPS) is 38.7. The minimum absolute atomic E-state index is 0.226. The van der Waals surface area contributed by atoms with Crippen LogP contribution in [-0.4, -0.2) is 60.2 Å². The first kappa shape index (κ1) is 17.7. The average Bonchev–Trinajstić information content (AvgIpc) is 3.26. The van der Waals surface area contributed by atoms with Crippen LogP contribution in [0.25, 0.3) is 0 Å². The van der Waals surface area contributed by atoms with Gasteiger partial charge in [-0.15, -0.1) is 0 Å². The average molecular weight is 380 g/mol. The Labute approximate surface area is 152 Å². The lowest BCUT2D eigenvalue weighted by molar-refractivity contribution is -0.166. The third-order valence-corrected chi connectivity index (χ3v) is 5.35. The van der Waals surface area contributed by atoms with Crippen molar-refractivity contribution in [2.75, 3.05) is 0 Å². The van der Waals surface area contributed by atoms with Gasteiger partial charge in [0.05, 0.1) is 0 Å². The molecule has 0 aliphatic carbocycles. The van der Waals surface area contributed by atoms with E-state index in [1.807, 2.05) is 0 Å². The van der Waals surface area contributed by atoms with Gasteiger partial charge in [-0.25, -0.2) is 9.59 Å². The monoisotopic (exact) mass is 380 g/mol. The van der Waals surface area contributed by atoms with Gasteiger partial charge in [0, 0.05) is 12.5 Å². The number of hydrogen-bond donors (Lipinski definition) is 0. The standard InChI is InChI=1S/C17H16O10/c1-4-6(3)23-17(22)9(4)25-15(20)7-8-11-13(27-16(8)21)12(10(7)24-11)26-14(19)5(2)18/h6-8,10-13H,1-3H3. The van der Waals surface area contributed by atoms with Gasteiger partial charge >= 0.3 is 23.9 Å². The van der Waals surface area contributed by atoms with Crippen LogP contribution in [0, 0.1) is 11.8 Å². The van der Waals surface area contributed by atoms with Crippen LogP contribution in [0.2, 0.25) is 0 Å². The zero-order valence-corrected chi connectivity index (χ0v) is 14.6. The van der Waals surface area contributed by atoms with E-state index in [2.05, 4.69) is 0 Å². The molecule has 10 heteroatoms. The maximum Gasteiger partial charge on any atom is 0.375 e. The first-order chi connectivity index (χ1) is 12.7. The molecule has 144 valence electrons. The van der Waals surface area contributed by atoms with E-state index in [1.54, 1.807) is 13.8 Å². The van der Waals surface area contributed by atoms with E-state index in [1.165, 1.54) is 0 Å². The van der Waals surface area contributed by atoms with Gasteiger partial charge in [0.25, 0.3) is 0 Å². The summed E-state index contributed by atoms with van der Waals surface area (Å²) in [6, 6.07) is 0. The summed E-state index contributed by atoms with van der Waals surface area (Å²) < 4.78 is 26.1. The van der Waals surface area contributed by atoms with Crippen molar-refractivity contribution in [2.45, 2.75) is 51.3 Å². The molecule has 10 nitrogen and oxygen atoms in total. The Balaban J connectivity index is 1.58. The second-order valence-corrected chi connectivity index (χ2v) is 6.93. The van der Waals surface area contributed by atoms with Crippen molar-refractivity contribution < 1.29 is 47.7 Å². The van der Waals surface area contributed by atoms with Crippen molar-refractivity contribution in [1.29, 1.82) is 0 Å². The van der Waals surface area contributed by atoms with Crippen LogP contribution in [0.3, 0.4) is 0 Å². The fourth-order valence-corrected chi connectivity index (χ4v) is 3.88. The molecule has 0 spiro atoms. The van der Waals surface area contributed by atoms with Gasteiger partial charge in [-0.3, -0.25) is 14.4 Å². The van der Waals surface area contributed by atoms with Crippen molar-refractivity contribution in [3.8, 4) is 0 Å². The molecule has 3 fully saturated rings. The van der Waals surface area contributed by atoms with Crippen molar-refractivity contribution in [1.82, 2.24) is 0 Å². The number of ketones is 1. The Hall–Kier alpha value is -2.75. The lowest BCUT2D eigenvalue weighted by Gasteiger charge is -2.26. The molecular weight excluding hydrogens is 364 g/mol. The van der Waals surface area contributed by atoms with Gasteiger partial charge in [-0.05, 0) is 13.8 Å². The molecule has 27 heavy (non-hydrogen) atoms. The topological polar surface area (TPSA) is 132 Å². The third-order valence-electron chi connectivity index (χ3n) is 5.35. The summed E-state index contributed by atoms with van der Waals surface area (Å²) >= 11 is 0. The summed E-state index contributed by atoms with van der Waals surface area (Å²) in [5.41, 5.74) is 0.448. The van der Waals surface area contributed by atoms with E-state index in [0.29, 0.717) is 5.57 Å². The first-order valence-electron chi connectivity index (χ1n) is 8.41. The van der Waals surface area contributed by atoms with Crippen LogP contribution >= 0.6 is 0 Å². The highest BCUT2D eigenvalue weighted by atomic mass is 16.7. The van der Waals surface area contributed by atoms with Crippen molar-refractivity contribution in [3.63, 3.8) is 0 Å². The lowest BCUT2D eigenvalue weighted by atomic mass is 9.78.